The van der Waals surface area contributed by atoms with Crippen LogP contribution in [0.4, 0.5) is 10.1 Å². The summed E-state index contributed by atoms with van der Waals surface area (Å²) in [5.74, 6) is -2.86. The first-order valence-electron chi connectivity index (χ1n) is 5.61. The largest absolute Gasteiger partial charge is 0.478 e. The van der Waals surface area contributed by atoms with Crippen molar-refractivity contribution in [2.24, 2.45) is 0 Å². The van der Waals surface area contributed by atoms with Crippen LogP contribution in [0.5, 0.6) is 0 Å². The zero-order chi connectivity index (χ0) is 15.6. The van der Waals surface area contributed by atoms with E-state index in [1.807, 2.05) is 0 Å². The minimum Gasteiger partial charge on any atom is -0.478 e. The van der Waals surface area contributed by atoms with Crippen LogP contribution in [0, 0.1) is 5.82 Å². The van der Waals surface area contributed by atoms with E-state index in [0.717, 1.165) is 12.1 Å². The van der Waals surface area contributed by atoms with Crippen molar-refractivity contribution in [1.29, 1.82) is 0 Å². The van der Waals surface area contributed by atoms with Gasteiger partial charge in [0.1, 0.15) is 4.90 Å². The van der Waals surface area contributed by atoms with Gasteiger partial charge in [0.05, 0.1) is 5.56 Å². The van der Waals surface area contributed by atoms with Crippen molar-refractivity contribution in [1.82, 2.24) is 0 Å². The van der Waals surface area contributed by atoms with Gasteiger partial charge in [-0.1, -0.05) is 34.1 Å². The van der Waals surface area contributed by atoms with E-state index in [4.69, 9.17) is 5.11 Å². The van der Waals surface area contributed by atoms with Crippen LogP contribution in [0.2, 0.25) is 0 Å². The topological polar surface area (TPSA) is 83.5 Å². The average Bonchev–Trinajstić information content (AvgIpc) is 2.41. The third-order valence-corrected chi connectivity index (χ3v) is 4.39. The molecule has 2 rings (SSSR count). The summed E-state index contributed by atoms with van der Waals surface area (Å²) in [5, 5.41) is 8.89. The van der Waals surface area contributed by atoms with Gasteiger partial charge >= 0.3 is 5.97 Å². The predicted molar refractivity (Wildman–Crippen MR) is 78.3 cm³/mol. The minimum absolute atomic E-state index is 0.148. The molecule has 0 saturated heterocycles. The quantitative estimate of drug-likeness (QED) is 0.862. The molecule has 2 N–H and O–H groups in total. The molecule has 0 unspecified atom stereocenters. The molecule has 0 bridgehead atoms. The van der Waals surface area contributed by atoms with Gasteiger partial charge in [0.2, 0.25) is 0 Å². The summed E-state index contributed by atoms with van der Waals surface area (Å²) in [6.07, 6.45) is 0. The van der Waals surface area contributed by atoms with E-state index in [1.165, 1.54) is 12.1 Å². The summed E-state index contributed by atoms with van der Waals surface area (Å²) < 4.78 is 40.8. The molecule has 0 aromatic heterocycles. The lowest BCUT2D eigenvalue weighted by molar-refractivity contribution is 0.0691. The lowest BCUT2D eigenvalue weighted by Gasteiger charge is -2.10. The molecule has 0 heterocycles. The van der Waals surface area contributed by atoms with E-state index < -0.39 is 32.3 Å². The average molecular weight is 374 g/mol. The molecule has 21 heavy (non-hydrogen) atoms. The Balaban J connectivity index is 2.53. The molecule has 0 amide bonds. The zero-order valence-electron chi connectivity index (χ0n) is 10.4. The fourth-order valence-electron chi connectivity index (χ4n) is 1.63. The highest BCUT2D eigenvalue weighted by Gasteiger charge is 2.25. The van der Waals surface area contributed by atoms with Gasteiger partial charge in [-0.3, -0.25) is 4.72 Å². The normalized spacial score (nSPS) is 11.1. The van der Waals surface area contributed by atoms with Crippen molar-refractivity contribution in [2.75, 3.05) is 4.72 Å². The highest BCUT2D eigenvalue weighted by atomic mass is 79.9. The third-order valence-electron chi connectivity index (χ3n) is 2.55. The lowest BCUT2D eigenvalue weighted by Crippen LogP contribution is -2.16. The van der Waals surface area contributed by atoms with Gasteiger partial charge in [0.15, 0.2) is 5.82 Å². The van der Waals surface area contributed by atoms with Gasteiger partial charge in [-0.25, -0.2) is 17.6 Å². The van der Waals surface area contributed by atoms with Gasteiger partial charge in [-0.05, 0) is 24.3 Å². The number of hydrogen-bond donors (Lipinski definition) is 2. The van der Waals surface area contributed by atoms with E-state index in [1.54, 1.807) is 18.2 Å². The van der Waals surface area contributed by atoms with E-state index in [0.29, 0.717) is 0 Å². The summed E-state index contributed by atoms with van der Waals surface area (Å²) in [4.78, 5) is 10.2. The number of benzene rings is 2. The first kappa shape index (κ1) is 15.5. The molecule has 0 aliphatic rings. The summed E-state index contributed by atoms with van der Waals surface area (Å²) in [5.41, 5.74) is -0.480. The maximum absolute atomic E-state index is 14.1. The number of carboxylic acid groups (broad SMARTS) is 1. The van der Waals surface area contributed by atoms with Crippen molar-refractivity contribution >= 4 is 37.6 Å². The minimum atomic E-state index is -4.24. The number of aromatic carboxylic acids is 1. The van der Waals surface area contributed by atoms with Crippen molar-refractivity contribution in [3.8, 4) is 0 Å². The van der Waals surface area contributed by atoms with Crippen LogP contribution < -0.4 is 4.72 Å². The number of anilines is 1. The molecular formula is C13H9BrFNO4S. The number of nitrogens with one attached hydrogen (secondary N) is 1. The zero-order valence-corrected chi connectivity index (χ0v) is 12.8. The number of rotatable bonds is 4. The van der Waals surface area contributed by atoms with Crippen molar-refractivity contribution in [2.45, 2.75) is 4.90 Å². The lowest BCUT2D eigenvalue weighted by atomic mass is 10.2. The van der Waals surface area contributed by atoms with Gasteiger partial charge in [-0.2, -0.15) is 0 Å². The monoisotopic (exact) mass is 373 g/mol. The molecule has 0 radical (unpaired) electrons. The number of hydrogen-bond acceptors (Lipinski definition) is 3. The van der Waals surface area contributed by atoms with Crippen LogP contribution in [0.1, 0.15) is 10.4 Å². The van der Waals surface area contributed by atoms with Crippen LogP contribution in [-0.4, -0.2) is 19.5 Å². The fraction of sp³-hybridized carbons (Fsp3) is 0. The van der Waals surface area contributed by atoms with E-state index in [-0.39, 0.29) is 10.2 Å². The standard InChI is InChI=1S/C13H9BrFNO4S/c14-8-6-10(13(17)18)12(15)11(7-8)21(19,20)16-9-4-2-1-3-5-9/h1-7,16H,(H,17,18). The molecule has 0 fully saturated rings. The van der Waals surface area contributed by atoms with E-state index in [9.17, 15) is 17.6 Å². The molecule has 110 valence electrons. The van der Waals surface area contributed by atoms with E-state index >= 15 is 0 Å². The highest BCUT2D eigenvalue weighted by Crippen LogP contribution is 2.26. The molecule has 8 heteroatoms. The van der Waals surface area contributed by atoms with Gasteiger partial charge in [0.25, 0.3) is 10.0 Å². The second-order valence-electron chi connectivity index (χ2n) is 4.04. The van der Waals surface area contributed by atoms with Gasteiger partial charge in [-0.15, -0.1) is 0 Å². The van der Waals surface area contributed by atoms with Crippen LogP contribution in [0.3, 0.4) is 0 Å². The molecule has 0 aliphatic carbocycles. The van der Waals surface area contributed by atoms with Crippen molar-refractivity contribution in [3.63, 3.8) is 0 Å². The molecule has 2 aromatic rings. The Morgan fingerprint density at radius 3 is 2.38 bits per heavy atom. The molecule has 0 aliphatic heterocycles. The first-order valence-corrected chi connectivity index (χ1v) is 7.89. The Labute approximate surface area is 128 Å². The molecule has 0 atom stereocenters. The fourth-order valence-corrected chi connectivity index (χ4v) is 3.43. The molecule has 0 saturated carbocycles. The highest BCUT2D eigenvalue weighted by molar-refractivity contribution is 9.10. The van der Waals surface area contributed by atoms with Crippen LogP contribution in [0.15, 0.2) is 51.8 Å². The number of carbonyl (C=O) groups is 1. The van der Waals surface area contributed by atoms with Gasteiger partial charge in [0, 0.05) is 10.2 Å². The third kappa shape index (κ3) is 3.40. The Morgan fingerprint density at radius 2 is 1.81 bits per heavy atom. The van der Waals surface area contributed by atoms with Gasteiger partial charge < -0.3 is 5.11 Å². The van der Waals surface area contributed by atoms with Crippen LogP contribution in [-0.2, 0) is 10.0 Å². The molecule has 2 aromatic carbocycles. The Morgan fingerprint density at radius 1 is 1.19 bits per heavy atom. The molecular weight excluding hydrogens is 365 g/mol. The Bertz CT molecular complexity index is 793. The van der Waals surface area contributed by atoms with Crippen LogP contribution in [0.25, 0.3) is 0 Å². The van der Waals surface area contributed by atoms with E-state index in [2.05, 4.69) is 20.7 Å². The molecule has 0 spiro atoms. The SMILES string of the molecule is O=C(O)c1cc(Br)cc(S(=O)(=O)Nc2ccccc2)c1F. The number of para-hydroxylation sites is 1. The summed E-state index contributed by atoms with van der Waals surface area (Å²) in [7, 11) is -4.24. The first-order chi connectivity index (χ1) is 9.81. The summed E-state index contributed by atoms with van der Waals surface area (Å²) in [6, 6.07) is 9.90. The van der Waals surface area contributed by atoms with Crippen molar-refractivity contribution < 1.29 is 22.7 Å². The maximum Gasteiger partial charge on any atom is 0.338 e. The summed E-state index contributed by atoms with van der Waals surface area (Å²) >= 11 is 2.97. The second-order valence-corrected chi connectivity index (χ2v) is 6.61. The van der Waals surface area contributed by atoms with Crippen molar-refractivity contribution in [3.05, 3.63) is 58.3 Å². The number of carboxylic acids is 1. The molecule has 5 nitrogen and oxygen atoms in total. The maximum atomic E-state index is 14.1. The second kappa shape index (κ2) is 5.82. The smallest absolute Gasteiger partial charge is 0.338 e. The predicted octanol–water partition coefficient (Wildman–Crippen LogP) is 3.09. The number of sulfonamides is 1. The number of halogens is 2. The van der Waals surface area contributed by atoms with Crippen LogP contribution >= 0.6 is 15.9 Å². The summed E-state index contributed by atoms with van der Waals surface area (Å²) in [6.45, 7) is 0. The Kier molecular flexibility index (Phi) is 4.29. The Hall–Kier alpha value is -1.93.